The van der Waals surface area contributed by atoms with Gasteiger partial charge < -0.3 is 4.57 Å². The van der Waals surface area contributed by atoms with Gasteiger partial charge in [0.15, 0.2) is 0 Å². The van der Waals surface area contributed by atoms with Gasteiger partial charge in [0.2, 0.25) is 0 Å². The summed E-state index contributed by atoms with van der Waals surface area (Å²) >= 11 is 0. The fourth-order valence-electron chi connectivity index (χ4n) is 2.28. The van der Waals surface area contributed by atoms with Crippen molar-refractivity contribution in [2.24, 2.45) is 0 Å². The largest absolute Gasteiger partial charge is 0.329 e. The number of imidazole rings is 1. The maximum absolute atomic E-state index is 4.50. The van der Waals surface area contributed by atoms with E-state index in [1.54, 1.807) is 0 Å². The molecule has 1 aromatic heterocycles. The van der Waals surface area contributed by atoms with E-state index in [1.807, 2.05) is 0 Å². The molecular formula is C11H18N2. The lowest BCUT2D eigenvalue weighted by Crippen LogP contribution is -2.17. The molecule has 0 saturated heterocycles. The minimum absolute atomic E-state index is 0.674. The lowest BCUT2D eigenvalue weighted by atomic mass is 10.0. The molecule has 2 heteroatoms. The predicted octanol–water partition coefficient (Wildman–Crippen LogP) is 2.73. The van der Waals surface area contributed by atoms with Gasteiger partial charge in [0, 0.05) is 24.4 Å². The summed E-state index contributed by atoms with van der Waals surface area (Å²) in [6, 6.07) is 0.674. The van der Waals surface area contributed by atoms with Gasteiger partial charge in [-0.25, -0.2) is 4.98 Å². The van der Waals surface area contributed by atoms with Crippen LogP contribution >= 0.6 is 0 Å². The standard InChI is InChI=1S/C11H18N2/c1-3-5-11-12-8-10-7-4-6-9(2)13(10)11/h8-9H,3-7H2,1-2H3. The Morgan fingerprint density at radius 3 is 3.23 bits per heavy atom. The zero-order valence-electron chi connectivity index (χ0n) is 8.58. The van der Waals surface area contributed by atoms with Crippen LogP contribution in [0.5, 0.6) is 0 Å². The summed E-state index contributed by atoms with van der Waals surface area (Å²) in [6.45, 7) is 4.53. The van der Waals surface area contributed by atoms with E-state index in [2.05, 4.69) is 29.6 Å². The zero-order valence-corrected chi connectivity index (χ0v) is 8.58. The molecule has 1 aliphatic heterocycles. The molecule has 0 radical (unpaired) electrons. The average molecular weight is 178 g/mol. The lowest BCUT2D eigenvalue weighted by molar-refractivity contribution is 0.418. The third-order valence-electron chi connectivity index (χ3n) is 2.92. The summed E-state index contributed by atoms with van der Waals surface area (Å²) in [6.07, 6.45) is 8.27. The highest BCUT2D eigenvalue weighted by Gasteiger charge is 2.18. The van der Waals surface area contributed by atoms with Gasteiger partial charge in [0.25, 0.3) is 0 Å². The van der Waals surface area contributed by atoms with Crippen LogP contribution in [0.4, 0.5) is 0 Å². The molecular weight excluding hydrogens is 160 g/mol. The van der Waals surface area contributed by atoms with Crippen LogP contribution in [0.2, 0.25) is 0 Å². The minimum atomic E-state index is 0.674. The van der Waals surface area contributed by atoms with Gasteiger partial charge in [-0.1, -0.05) is 6.92 Å². The van der Waals surface area contributed by atoms with Crippen molar-refractivity contribution in [1.29, 1.82) is 0 Å². The third-order valence-corrected chi connectivity index (χ3v) is 2.92. The molecule has 0 N–H and O–H groups in total. The van der Waals surface area contributed by atoms with Gasteiger partial charge in [-0.3, -0.25) is 0 Å². The molecule has 2 rings (SSSR count). The quantitative estimate of drug-likeness (QED) is 0.681. The van der Waals surface area contributed by atoms with Crippen LogP contribution in [-0.4, -0.2) is 9.55 Å². The van der Waals surface area contributed by atoms with Crippen molar-refractivity contribution >= 4 is 0 Å². The number of fused-ring (bicyclic) bond motifs is 1. The summed E-state index contributed by atoms with van der Waals surface area (Å²) in [5.41, 5.74) is 1.45. The van der Waals surface area contributed by atoms with Gasteiger partial charge in [-0.2, -0.15) is 0 Å². The van der Waals surface area contributed by atoms with Crippen LogP contribution in [0.15, 0.2) is 6.20 Å². The van der Waals surface area contributed by atoms with Crippen molar-refractivity contribution in [2.75, 3.05) is 0 Å². The van der Waals surface area contributed by atoms with Crippen LogP contribution in [0.1, 0.15) is 50.7 Å². The first-order chi connectivity index (χ1) is 6.33. The molecule has 13 heavy (non-hydrogen) atoms. The zero-order chi connectivity index (χ0) is 9.26. The van der Waals surface area contributed by atoms with Crippen LogP contribution in [0.25, 0.3) is 0 Å². The number of rotatable bonds is 2. The molecule has 2 heterocycles. The Hall–Kier alpha value is -0.790. The van der Waals surface area contributed by atoms with E-state index in [0.29, 0.717) is 6.04 Å². The summed E-state index contributed by atoms with van der Waals surface area (Å²) in [7, 11) is 0. The molecule has 2 nitrogen and oxygen atoms in total. The number of aromatic nitrogens is 2. The summed E-state index contributed by atoms with van der Waals surface area (Å²) in [5.74, 6) is 1.30. The Balaban J connectivity index is 2.32. The molecule has 0 fully saturated rings. The fraction of sp³-hybridized carbons (Fsp3) is 0.727. The summed E-state index contributed by atoms with van der Waals surface area (Å²) in [4.78, 5) is 4.50. The first-order valence-electron chi connectivity index (χ1n) is 5.38. The molecule has 1 aromatic rings. The van der Waals surface area contributed by atoms with E-state index >= 15 is 0 Å². The molecule has 0 spiro atoms. The number of hydrogen-bond donors (Lipinski definition) is 0. The second-order valence-corrected chi connectivity index (χ2v) is 4.03. The average Bonchev–Trinajstić information content (AvgIpc) is 2.51. The highest BCUT2D eigenvalue weighted by molar-refractivity contribution is 5.10. The molecule has 72 valence electrons. The van der Waals surface area contributed by atoms with E-state index in [-0.39, 0.29) is 0 Å². The highest BCUT2D eigenvalue weighted by atomic mass is 15.1. The van der Waals surface area contributed by atoms with Gasteiger partial charge in [-0.05, 0) is 32.6 Å². The van der Waals surface area contributed by atoms with E-state index in [1.165, 1.54) is 37.2 Å². The molecule has 0 aromatic carbocycles. The van der Waals surface area contributed by atoms with E-state index in [0.717, 1.165) is 6.42 Å². The van der Waals surface area contributed by atoms with Crippen molar-refractivity contribution < 1.29 is 0 Å². The maximum atomic E-state index is 4.50. The first-order valence-corrected chi connectivity index (χ1v) is 5.38. The molecule has 1 atom stereocenters. The lowest BCUT2D eigenvalue weighted by Gasteiger charge is -2.23. The predicted molar refractivity (Wildman–Crippen MR) is 53.9 cm³/mol. The van der Waals surface area contributed by atoms with Crippen LogP contribution < -0.4 is 0 Å². The molecule has 0 saturated carbocycles. The Morgan fingerprint density at radius 1 is 1.62 bits per heavy atom. The van der Waals surface area contributed by atoms with E-state index < -0.39 is 0 Å². The van der Waals surface area contributed by atoms with Crippen molar-refractivity contribution in [3.8, 4) is 0 Å². The smallest absolute Gasteiger partial charge is 0.109 e. The van der Waals surface area contributed by atoms with Crippen molar-refractivity contribution in [2.45, 2.75) is 52.0 Å². The molecule has 1 unspecified atom stereocenters. The molecule has 0 bridgehead atoms. The van der Waals surface area contributed by atoms with Gasteiger partial charge in [0.05, 0.1) is 0 Å². The summed E-state index contributed by atoms with van der Waals surface area (Å²) in [5, 5.41) is 0. The minimum Gasteiger partial charge on any atom is -0.329 e. The normalized spacial score (nSPS) is 21.5. The van der Waals surface area contributed by atoms with E-state index in [4.69, 9.17) is 0 Å². The Labute approximate surface area is 80.0 Å². The Morgan fingerprint density at radius 2 is 2.46 bits per heavy atom. The monoisotopic (exact) mass is 178 g/mol. The van der Waals surface area contributed by atoms with Crippen molar-refractivity contribution in [3.63, 3.8) is 0 Å². The van der Waals surface area contributed by atoms with Crippen LogP contribution in [-0.2, 0) is 12.8 Å². The highest BCUT2D eigenvalue weighted by Crippen LogP contribution is 2.26. The fourth-order valence-corrected chi connectivity index (χ4v) is 2.28. The van der Waals surface area contributed by atoms with Crippen molar-refractivity contribution in [1.82, 2.24) is 9.55 Å². The Bertz CT molecular complexity index is 288. The number of nitrogens with zero attached hydrogens (tertiary/aromatic N) is 2. The first kappa shape index (κ1) is 8.79. The van der Waals surface area contributed by atoms with Crippen molar-refractivity contribution in [3.05, 3.63) is 17.7 Å². The summed E-state index contributed by atoms with van der Waals surface area (Å²) < 4.78 is 2.45. The van der Waals surface area contributed by atoms with E-state index in [9.17, 15) is 0 Å². The van der Waals surface area contributed by atoms with Crippen LogP contribution in [0.3, 0.4) is 0 Å². The molecule has 1 aliphatic rings. The third kappa shape index (κ3) is 1.50. The maximum Gasteiger partial charge on any atom is 0.109 e. The Kier molecular flexibility index (Phi) is 2.38. The number of hydrogen-bond acceptors (Lipinski definition) is 1. The second-order valence-electron chi connectivity index (χ2n) is 4.03. The molecule has 0 amide bonds. The topological polar surface area (TPSA) is 17.8 Å². The van der Waals surface area contributed by atoms with Gasteiger partial charge in [0.1, 0.15) is 5.82 Å². The van der Waals surface area contributed by atoms with Gasteiger partial charge in [-0.15, -0.1) is 0 Å². The molecule has 0 aliphatic carbocycles. The van der Waals surface area contributed by atoms with Crippen LogP contribution in [0, 0.1) is 0 Å². The van der Waals surface area contributed by atoms with Gasteiger partial charge >= 0.3 is 0 Å². The number of aryl methyl sites for hydroxylation is 2. The SMILES string of the molecule is CCCc1ncc2n1C(C)CCC2. The second kappa shape index (κ2) is 3.52.